The lowest BCUT2D eigenvalue weighted by Crippen LogP contribution is -2.43. The summed E-state index contributed by atoms with van der Waals surface area (Å²) in [4.78, 5) is 13.7. The van der Waals surface area contributed by atoms with Gasteiger partial charge in [-0.1, -0.05) is 152 Å². The third-order valence-electron chi connectivity index (χ3n) is 15.2. The lowest BCUT2D eigenvalue weighted by molar-refractivity contribution is -0.128. The van der Waals surface area contributed by atoms with Gasteiger partial charge in [0.25, 0.3) is 0 Å². The molecule has 0 radical (unpaired) electrons. The summed E-state index contributed by atoms with van der Waals surface area (Å²) in [7, 11) is -4.37. The van der Waals surface area contributed by atoms with E-state index < -0.39 is 26.7 Å². The van der Waals surface area contributed by atoms with Crippen LogP contribution in [0.1, 0.15) is 196 Å². The van der Waals surface area contributed by atoms with Crippen LogP contribution in [-0.2, 0) is 62.3 Å². The first kappa shape index (κ1) is 48.6. The second-order valence-corrected chi connectivity index (χ2v) is 26.1. The maximum Gasteiger partial charge on any atom is 0.310 e. The topological polar surface area (TPSA) is 110 Å². The van der Waals surface area contributed by atoms with Crippen LogP contribution in [0, 0.1) is 16.7 Å². The third-order valence-corrected chi connectivity index (χ3v) is 16.5. The SMILES string of the molecule is CCCOc1c2cc(C(C)(C)C)cc1Cc1cc(C(C)(C)C)cc(c1O)Cc1cc(C(C)(C)C)cc(c1OS(=O)(=O)C[C@@]13CCC(CC1=O)C3(C)C)Cc1cc(C(C)(C)C)cc(c1O)C2. The van der Waals surface area contributed by atoms with Crippen LogP contribution >= 0.6 is 0 Å². The number of hydrogen-bond acceptors (Lipinski definition) is 7. The molecule has 3 aliphatic carbocycles. The summed E-state index contributed by atoms with van der Waals surface area (Å²) in [6, 6.07) is 16.8. The molecule has 7 rings (SSSR count). The fourth-order valence-electron chi connectivity index (χ4n) is 10.7. The number of carbonyl (C=O) groups excluding carboxylic acids is 1. The fraction of sp³-hybridized carbons (Fsp3) is 0.561. The number of hydrogen-bond donors (Lipinski definition) is 2. The van der Waals surface area contributed by atoms with Gasteiger partial charge in [0.1, 0.15) is 28.8 Å². The average Bonchev–Trinajstić information content (AvgIpc) is 3.50. The van der Waals surface area contributed by atoms with Crippen molar-refractivity contribution >= 4 is 15.9 Å². The average molecular weight is 905 g/mol. The molecule has 0 spiro atoms. The van der Waals surface area contributed by atoms with E-state index in [1.807, 2.05) is 26.0 Å². The van der Waals surface area contributed by atoms with Crippen molar-refractivity contribution in [1.29, 1.82) is 0 Å². The maximum absolute atomic E-state index is 14.8. The highest BCUT2D eigenvalue weighted by Crippen LogP contribution is 2.64. The molecule has 10 bridgehead atoms. The van der Waals surface area contributed by atoms with Crippen molar-refractivity contribution < 1.29 is 32.3 Å². The zero-order chi connectivity index (χ0) is 48.0. The lowest BCUT2D eigenvalue weighted by atomic mass is 9.70. The molecule has 7 nitrogen and oxygen atoms in total. The highest BCUT2D eigenvalue weighted by molar-refractivity contribution is 7.87. The molecule has 2 N–H and O–H groups in total. The molecule has 0 saturated heterocycles. The number of carbonyl (C=O) groups is 1. The molecule has 4 aromatic rings. The number of benzene rings is 4. The van der Waals surface area contributed by atoms with Crippen LogP contribution in [0.15, 0.2) is 48.5 Å². The predicted molar refractivity (Wildman–Crippen MR) is 264 cm³/mol. The Morgan fingerprint density at radius 2 is 0.923 bits per heavy atom. The Morgan fingerprint density at radius 1 is 0.585 bits per heavy atom. The highest BCUT2D eigenvalue weighted by atomic mass is 32.2. The van der Waals surface area contributed by atoms with E-state index in [4.69, 9.17) is 8.92 Å². The maximum atomic E-state index is 14.8. The number of phenolic OH excluding ortho intramolecular Hbond substituents is 2. The minimum atomic E-state index is -4.37. The number of phenols is 2. The van der Waals surface area contributed by atoms with Crippen molar-refractivity contribution in [3.8, 4) is 23.0 Å². The second-order valence-electron chi connectivity index (χ2n) is 24.5. The van der Waals surface area contributed by atoms with Gasteiger partial charge in [-0.3, -0.25) is 4.79 Å². The van der Waals surface area contributed by atoms with E-state index in [1.165, 1.54) is 0 Å². The summed E-state index contributed by atoms with van der Waals surface area (Å²) in [6.07, 6.45) is 3.66. The minimum Gasteiger partial charge on any atom is -0.507 e. The number of rotatable bonds is 7. The number of ketones is 1. The molecule has 4 aromatic carbocycles. The van der Waals surface area contributed by atoms with Crippen LogP contribution in [-0.4, -0.2) is 36.8 Å². The zero-order valence-electron chi connectivity index (χ0n) is 42.1. The van der Waals surface area contributed by atoms with Crippen molar-refractivity contribution in [2.24, 2.45) is 16.7 Å². The number of Topliss-reactive ketones (excluding diaryl/α,β-unsaturated/α-hetero) is 1. The molecule has 1 unspecified atom stereocenters. The molecule has 2 saturated carbocycles. The van der Waals surface area contributed by atoms with E-state index in [0.29, 0.717) is 54.5 Å². The van der Waals surface area contributed by atoms with Gasteiger partial charge in [0.2, 0.25) is 0 Å². The van der Waals surface area contributed by atoms with Crippen LogP contribution in [0.4, 0.5) is 0 Å². The Balaban J connectivity index is 1.55. The molecule has 352 valence electrons. The van der Waals surface area contributed by atoms with Crippen molar-refractivity contribution in [3.63, 3.8) is 0 Å². The third kappa shape index (κ3) is 9.36. The lowest BCUT2D eigenvalue weighted by Gasteiger charge is -2.36. The molecule has 3 aliphatic rings. The first-order valence-electron chi connectivity index (χ1n) is 24.0. The van der Waals surface area contributed by atoms with E-state index in [2.05, 4.69) is 126 Å². The van der Waals surface area contributed by atoms with E-state index in [-0.39, 0.29) is 63.5 Å². The van der Waals surface area contributed by atoms with Gasteiger partial charge in [-0.25, -0.2) is 0 Å². The minimum absolute atomic E-state index is 0.00602. The van der Waals surface area contributed by atoms with Gasteiger partial charge in [-0.05, 0) is 108 Å². The summed E-state index contributed by atoms with van der Waals surface area (Å²) in [5.74, 6) is 1.02. The first-order chi connectivity index (χ1) is 29.8. The molecule has 2 atom stereocenters. The van der Waals surface area contributed by atoms with Gasteiger partial charge >= 0.3 is 10.1 Å². The second kappa shape index (κ2) is 16.5. The summed E-state index contributed by atoms with van der Waals surface area (Å²) < 4.78 is 42.9. The normalized spacial score (nSPS) is 20.0. The van der Waals surface area contributed by atoms with Crippen LogP contribution in [0.25, 0.3) is 0 Å². The Labute approximate surface area is 390 Å². The van der Waals surface area contributed by atoms with Gasteiger partial charge < -0.3 is 19.1 Å². The summed E-state index contributed by atoms with van der Waals surface area (Å²) in [5.41, 5.74) is 7.49. The zero-order valence-corrected chi connectivity index (χ0v) is 42.9. The smallest absolute Gasteiger partial charge is 0.310 e. The molecule has 0 aromatic heterocycles. The molecule has 0 heterocycles. The Hall–Kier alpha value is -4.30. The van der Waals surface area contributed by atoms with Crippen molar-refractivity contribution in [1.82, 2.24) is 0 Å². The Kier molecular flexibility index (Phi) is 12.3. The molecule has 2 fully saturated rings. The summed E-state index contributed by atoms with van der Waals surface area (Å²) >= 11 is 0. The van der Waals surface area contributed by atoms with E-state index in [0.717, 1.165) is 63.1 Å². The van der Waals surface area contributed by atoms with Crippen LogP contribution in [0.5, 0.6) is 23.0 Å². The molecular weight excluding hydrogens is 829 g/mol. The molecule has 0 aliphatic heterocycles. The molecule has 8 heteroatoms. The monoisotopic (exact) mass is 905 g/mol. The molecular formula is C57H76O7S. The number of ether oxygens (including phenoxy) is 1. The van der Waals surface area contributed by atoms with Crippen LogP contribution in [0.3, 0.4) is 0 Å². The van der Waals surface area contributed by atoms with Crippen molar-refractivity contribution in [2.75, 3.05) is 12.4 Å². The number of aromatic hydroxyl groups is 2. The molecule has 0 amide bonds. The Bertz CT molecular complexity index is 2520. The van der Waals surface area contributed by atoms with Crippen LogP contribution < -0.4 is 8.92 Å². The predicted octanol–water partition coefficient (Wildman–Crippen LogP) is 12.9. The molecule has 65 heavy (non-hydrogen) atoms. The summed E-state index contributed by atoms with van der Waals surface area (Å²) in [5, 5.41) is 25.2. The highest BCUT2D eigenvalue weighted by Gasteiger charge is 2.65. The van der Waals surface area contributed by atoms with Gasteiger partial charge in [-0.2, -0.15) is 8.42 Å². The van der Waals surface area contributed by atoms with E-state index >= 15 is 0 Å². The van der Waals surface area contributed by atoms with E-state index in [9.17, 15) is 23.4 Å². The van der Waals surface area contributed by atoms with Gasteiger partial charge in [0, 0.05) is 43.2 Å². The standard InChI is InChI=1S/C57H76O7S/c1-16-19-63-50-38-20-34-24-43(52(2,3)4)26-36(48(34)59)22-40-30-46(55(11,12)13)31-41(51(40)64-65(61,62)33-57-18-17-42(32-47(57)58)56(57,14)15)23-37-27-44(53(5,6)7)25-35(49(37)60)21-39(50)29-45(28-38)54(8,9)10/h24-31,42,59-60H,16-23,32-33H2,1-15H3/t42?,57-/m0/s1. The van der Waals surface area contributed by atoms with Gasteiger partial charge in [0.05, 0.1) is 17.8 Å². The van der Waals surface area contributed by atoms with Gasteiger partial charge in [0.15, 0.2) is 0 Å². The van der Waals surface area contributed by atoms with Gasteiger partial charge in [-0.15, -0.1) is 0 Å². The van der Waals surface area contributed by atoms with Crippen LogP contribution in [0.2, 0.25) is 0 Å². The first-order valence-corrected chi connectivity index (χ1v) is 25.5. The van der Waals surface area contributed by atoms with E-state index in [1.54, 1.807) is 0 Å². The summed E-state index contributed by atoms with van der Waals surface area (Å²) in [6.45, 7) is 32.7. The Morgan fingerprint density at radius 3 is 1.22 bits per heavy atom. The number of fused-ring (bicyclic) bond motifs is 10. The quantitative estimate of drug-likeness (QED) is 0.157. The fourth-order valence-corrected chi connectivity index (χ4v) is 12.5. The van der Waals surface area contributed by atoms with Crippen molar-refractivity contribution in [2.45, 2.75) is 177 Å². The largest absolute Gasteiger partial charge is 0.507 e. The van der Waals surface area contributed by atoms with Crippen molar-refractivity contribution in [3.05, 3.63) is 115 Å².